The van der Waals surface area contributed by atoms with E-state index in [9.17, 15) is 9.59 Å². The molecule has 0 unspecified atom stereocenters. The minimum Gasteiger partial charge on any atom is -0.465 e. The number of hydrogen-bond acceptors (Lipinski definition) is 3. The van der Waals surface area contributed by atoms with Crippen molar-refractivity contribution in [2.75, 3.05) is 20.3 Å². The van der Waals surface area contributed by atoms with Gasteiger partial charge in [0.25, 0.3) is 0 Å². The predicted molar refractivity (Wildman–Crippen MR) is 51.4 cm³/mol. The van der Waals surface area contributed by atoms with Crippen LogP contribution in [0.25, 0.3) is 0 Å². The molecule has 2 N–H and O–H groups in total. The molecule has 0 aliphatic carbocycles. The van der Waals surface area contributed by atoms with Crippen molar-refractivity contribution < 1.29 is 19.4 Å². The number of methoxy groups -OCH3 is 1. The first kappa shape index (κ1) is 12.9. The number of amides is 1. The Kier molecular flexibility index (Phi) is 7.83. The number of carbonyl (C=O) groups is 2. The SMILES string of the molecule is COCCCCC(=O)CCNC(=O)O. The molecule has 0 rings (SSSR count). The topological polar surface area (TPSA) is 75.6 Å². The number of hydrogen-bond donors (Lipinski definition) is 2. The summed E-state index contributed by atoms with van der Waals surface area (Å²) < 4.78 is 4.83. The van der Waals surface area contributed by atoms with Crippen LogP contribution in [-0.2, 0) is 9.53 Å². The van der Waals surface area contributed by atoms with Gasteiger partial charge in [-0.1, -0.05) is 0 Å². The van der Waals surface area contributed by atoms with Crippen LogP contribution in [-0.4, -0.2) is 37.2 Å². The third-order valence-corrected chi connectivity index (χ3v) is 1.73. The van der Waals surface area contributed by atoms with Crippen LogP contribution >= 0.6 is 0 Å². The summed E-state index contributed by atoms with van der Waals surface area (Å²) in [7, 11) is 1.62. The van der Waals surface area contributed by atoms with Crippen LogP contribution in [0.5, 0.6) is 0 Å². The lowest BCUT2D eigenvalue weighted by Gasteiger charge is -2.01. The summed E-state index contributed by atoms with van der Waals surface area (Å²) in [6, 6.07) is 0. The van der Waals surface area contributed by atoms with Crippen molar-refractivity contribution in [2.24, 2.45) is 0 Å². The van der Waals surface area contributed by atoms with Gasteiger partial charge in [0.15, 0.2) is 0 Å². The van der Waals surface area contributed by atoms with Gasteiger partial charge in [0, 0.05) is 33.1 Å². The largest absolute Gasteiger partial charge is 0.465 e. The summed E-state index contributed by atoms with van der Waals surface area (Å²) in [5.74, 6) is 0.0925. The van der Waals surface area contributed by atoms with Crippen molar-refractivity contribution in [3.8, 4) is 0 Å². The van der Waals surface area contributed by atoms with Crippen molar-refractivity contribution in [1.29, 1.82) is 0 Å². The van der Waals surface area contributed by atoms with Crippen molar-refractivity contribution >= 4 is 11.9 Å². The molecule has 0 heterocycles. The van der Waals surface area contributed by atoms with E-state index in [0.29, 0.717) is 13.0 Å². The van der Waals surface area contributed by atoms with E-state index in [1.54, 1.807) is 7.11 Å². The minimum absolute atomic E-state index is 0.0925. The van der Waals surface area contributed by atoms with E-state index in [1.807, 2.05) is 0 Å². The molecule has 0 fully saturated rings. The highest BCUT2D eigenvalue weighted by molar-refractivity contribution is 5.79. The molecular formula is C9H17NO4. The fourth-order valence-corrected chi connectivity index (χ4v) is 1.00. The van der Waals surface area contributed by atoms with E-state index in [1.165, 1.54) is 0 Å². The first-order valence-electron chi connectivity index (χ1n) is 4.64. The van der Waals surface area contributed by atoms with Gasteiger partial charge in [-0.15, -0.1) is 0 Å². The van der Waals surface area contributed by atoms with Crippen LogP contribution in [0.3, 0.4) is 0 Å². The summed E-state index contributed by atoms with van der Waals surface area (Å²) in [4.78, 5) is 21.2. The van der Waals surface area contributed by atoms with Crippen molar-refractivity contribution in [2.45, 2.75) is 25.7 Å². The van der Waals surface area contributed by atoms with E-state index >= 15 is 0 Å². The lowest BCUT2D eigenvalue weighted by molar-refractivity contribution is -0.119. The highest BCUT2D eigenvalue weighted by Crippen LogP contribution is 1.98. The zero-order valence-electron chi connectivity index (χ0n) is 8.41. The van der Waals surface area contributed by atoms with Gasteiger partial charge in [-0.2, -0.15) is 0 Å². The van der Waals surface area contributed by atoms with Crippen molar-refractivity contribution in [3.05, 3.63) is 0 Å². The summed E-state index contributed by atoms with van der Waals surface area (Å²) in [5, 5.41) is 10.4. The Morgan fingerprint density at radius 2 is 2.00 bits per heavy atom. The molecule has 1 amide bonds. The van der Waals surface area contributed by atoms with E-state index in [4.69, 9.17) is 9.84 Å². The second kappa shape index (κ2) is 8.50. The average Bonchev–Trinajstić information content (AvgIpc) is 2.12. The van der Waals surface area contributed by atoms with Crippen molar-refractivity contribution in [1.82, 2.24) is 5.32 Å². The first-order valence-corrected chi connectivity index (χ1v) is 4.64. The fraction of sp³-hybridized carbons (Fsp3) is 0.778. The van der Waals surface area contributed by atoms with Crippen LogP contribution in [0.15, 0.2) is 0 Å². The molecule has 0 bridgehead atoms. The molecule has 14 heavy (non-hydrogen) atoms. The average molecular weight is 203 g/mol. The Morgan fingerprint density at radius 1 is 1.29 bits per heavy atom. The van der Waals surface area contributed by atoms with Crippen LogP contribution in [0.4, 0.5) is 4.79 Å². The maximum absolute atomic E-state index is 11.1. The molecule has 5 heteroatoms. The summed E-state index contributed by atoms with van der Waals surface area (Å²) in [6.45, 7) is 0.874. The molecule has 5 nitrogen and oxygen atoms in total. The number of carboxylic acid groups (broad SMARTS) is 1. The van der Waals surface area contributed by atoms with Gasteiger partial charge in [-0.05, 0) is 12.8 Å². The first-order chi connectivity index (χ1) is 6.66. The number of nitrogens with one attached hydrogen (secondary N) is 1. The number of Topliss-reactive ketones (excluding diaryl/α,β-unsaturated/α-hetero) is 1. The quantitative estimate of drug-likeness (QED) is 0.578. The van der Waals surface area contributed by atoms with Gasteiger partial charge in [0.2, 0.25) is 0 Å². The highest BCUT2D eigenvalue weighted by atomic mass is 16.5. The lowest BCUT2D eigenvalue weighted by atomic mass is 10.1. The second-order valence-electron chi connectivity index (χ2n) is 2.97. The number of unbranched alkanes of at least 4 members (excludes halogenated alkanes) is 1. The van der Waals surface area contributed by atoms with Crippen LogP contribution in [0.1, 0.15) is 25.7 Å². The molecule has 0 aliphatic heterocycles. The number of ketones is 1. The van der Waals surface area contributed by atoms with Gasteiger partial charge >= 0.3 is 6.09 Å². The standard InChI is InChI=1S/C9H17NO4/c1-14-7-3-2-4-8(11)5-6-10-9(12)13/h10H,2-7H2,1H3,(H,12,13). The van der Waals surface area contributed by atoms with Crippen LogP contribution in [0.2, 0.25) is 0 Å². The molecule has 0 spiro atoms. The molecule has 0 saturated heterocycles. The summed E-state index contributed by atoms with van der Waals surface area (Å²) in [5.41, 5.74) is 0. The molecule has 0 aromatic heterocycles. The Labute approximate surface area is 83.4 Å². The smallest absolute Gasteiger partial charge is 0.404 e. The Bertz CT molecular complexity index is 182. The van der Waals surface area contributed by atoms with Gasteiger partial charge < -0.3 is 15.2 Å². The highest BCUT2D eigenvalue weighted by Gasteiger charge is 2.02. The van der Waals surface area contributed by atoms with Gasteiger partial charge in [0.05, 0.1) is 0 Å². The molecule has 0 aliphatic rings. The van der Waals surface area contributed by atoms with Gasteiger partial charge in [-0.25, -0.2) is 4.79 Å². The number of ether oxygens (including phenoxy) is 1. The Morgan fingerprint density at radius 3 is 2.57 bits per heavy atom. The lowest BCUT2D eigenvalue weighted by Crippen LogP contribution is -2.23. The van der Waals surface area contributed by atoms with Gasteiger partial charge in [-0.3, -0.25) is 4.79 Å². The number of rotatable bonds is 8. The van der Waals surface area contributed by atoms with Crippen LogP contribution < -0.4 is 5.32 Å². The zero-order chi connectivity index (χ0) is 10.8. The molecule has 0 aromatic carbocycles. The monoisotopic (exact) mass is 203 g/mol. The third kappa shape index (κ3) is 8.99. The molecule has 0 saturated carbocycles. The van der Waals surface area contributed by atoms with Crippen LogP contribution in [0, 0.1) is 0 Å². The van der Waals surface area contributed by atoms with Crippen molar-refractivity contribution in [3.63, 3.8) is 0 Å². The van der Waals surface area contributed by atoms with E-state index < -0.39 is 6.09 Å². The van der Waals surface area contributed by atoms with Gasteiger partial charge in [0.1, 0.15) is 5.78 Å². The second-order valence-corrected chi connectivity index (χ2v) is 2.97. The Balaban J connectivity index is 3.24. The van der Waals surface area contributed by atoms with E-state index in [2.05, 4.69) is 5.32 Å². The minimum atomic E-state index is -1.09. The molecule has 0 radical (unpaired) electrons. The predicted octanol–water partition coefficient (Wildman–Crippen LogP) is 1.03. The number of carbonyl (C=O) groups excluding carboxylic acids is 1. The summed E-state index contributed by atoms with van der Waals surface area (Å²) in [6.07, 6.45) is 1.37. The van der Waals surface area contributed by atoms with E-state index in [0.717, 1.165) is 12.8 Å². The Hall–Kier alpha value is -1.10. The fourth-order valence-electron chi connectivity index (χ4n) is 1.00. The molecule has 0 atom stereocenters. The molecular weight excluding hydrogens is 186 g/mol. The maximum atomic E-state index is 11.1. The normalized spacial score (nSPS) is 9.79. The summed E-state index contributed by atoms with van der Waals surface area (Å²) >= 11 is 0. The van der Waals surface area contributed by atoms with E-state index in [-0.39, 0.29) is 18.7 Å². The molecule has 0 aromatic rings. The maximum Gasteiger partial charge on any atom is 0.404 e. The molecule has 82 valence electrons. The third-order valence-electron chi connectivity index (χ3n) is 1.73. The zero-order valence-corrected chi connectivity index (χ0v) is 8.41.